The summed E-state index contributed by atoms with van der Waals surface area (Å²) in [5, 5.41) is 6.53. The van der Waals surface area contributed by atoms with E-state index in [2.05, 4.69) is 31.6 Å². The van der Waals surface area contributed by atoms with Crippen LogP contribution in [0, 0.1) is 0 Å². The standard InChI is InChI=1S/C19H22BrN3O4.HI/c1-4-25-16-9-13(5-6-15(16)24-3)23-19(21-2)22-10-12-7-14(20)18-17(8-12)26-11-27-18;/h5-9H,4,10-11H2,1-3H3,(H2,21,22,23);1H. The normalized spacial score (nSPS) is 12.2. The highest BCUT2D eigenvalue weighted by atomic mass is 127. The number of halogens is 2. The summed E-state index contributed by atoms with van der Waals surface area (Å²) in [7, 11) is 3.34. The Morgan fingerprint density at radius 1 is 1.21 bits per heavy atom. The molecule has 3 rings (SSSR count). The maximum absolute atomic E-state index is 5.61. The van der Waals surface area contributed by atoms with Crippen molar-refractivity contribution in [3.8, 4) is 23.0 Å². The Balaban J connectivity index is 0.00000280. The van der Waals surface area contributed by atoms with Crippen LogP contribution in [0.15, 0.2) is 39.8 Å². The summed E-state index contributed by atoms with van der Waals surface area (Å²) in [5.74, 6) is 3.48. The van der Waals surface area contributed by atoms with E-state index in [4.69, 9.17) is 18.9 Å². The average Bonchev–Trinajstić information content (AvgIpc) is 3.15. The largest absolute Gasteiger partial charge is 0.493 e. The topological polar surface area (TPSA) is 73.3 Å². The van der Waals surface area contributed by atoms with Gasteiger partial charge in [0.1, 0.15) is 0 Å². The third-order valence-corrected chi connectivity index (χ3v) is 4.49. The van der Waals surface area contributed by atoms with Crippen LogP contribution in [0.2, 0.25) is 0 Å². The van der Waals surface area contributed by atoms with Crippen molar-refractivity contribution in [1.29, 1.82) is 0 Å². The second kappa shape index (κ2) is 10.6. The van der Waals surface area contributed by atoms with Crippen molar-refractivity contribution in [2.45, 2.75) is 13.5 Å². The lowest BCUT2D eigenvalue weighted by atomic mass is 10.2. The minimum Gasteiger partial charge on any atom is -0.493 e. The van der Waals surface area contributed by atoms with Gasteiger partial charge in [0, 0.05) is 25.3 Å². The van der Waals surface area contributed by atoms with Crippen molar-refractivity contribution in [3.63, 3.8) is 0 Å². The van der Waals surface area contributed by atoms with Gasteiger partial charge in [0.2, 0.25) is 6.79 Å². The highest BCUT2D eigenvalue weighted by Gasteiger charge is 2.18. The highest BCUT2D eigenvalue weighted by molar-refractivity contribution is 14.0. The predicted octanol–water partition coefficient (Wildman–Crippen LogP) is 4.39. The molecule has 28 heavy (non-hydrogen) atoms. The summed E-state index contributed by atoms with van der Waals surface area (Å²) < 4.78 is 22.7. The lowest BCUT2D eigenvalue weighted by Crippen LogP contribution is -2.30. The minimum atomic E-state index is 0. The second-order valence-corrected chi connectivity index (χ2v) is 6.52. The molecule has 7 nitrogen and oxygen atoms in total. The SMILES string of the molecule is CCOc1cc(NC(=NC)NCc2cc(Br)c3c(c2)OCO3)ccc1OC.I. The van der Waals surface area contributed by atoms with Crippen LogP contribution in [0.3, 0.4) is 0 Å². The molecule has 2 aromatic carbocycles. The molecule has 1 aliphatic rings. The molecule has 0 atom stereocenters. The Hall–Kier alpha value is -1.88. The van der Waals surface area contributed by atoms with Crippen LogP contribution in [-0.4, -0.2) is 33.5 Å². The van der Waals surface area contributed by atoms with E-state index in [1.165, 1.54) is 0 Å². The number of ether oxygens (including phenoxy) is 4. The number of rotatable bonds is 6. The van der Waals surface area contributed by atoms with E-state index in [1.807, 2.05) is 37.3 Å². The average molecular weight is 564 g/mol. The molecule has 152 valence electrons. The number of hydrogen-bond donors (Lipinski definition) is 2. The van der Waals surface area contributed by atoms with Crippen LogP contribution in [0.5, 0.6) is 23.0 Å². The molecule has 0 amide bonds. The Morgan fingerprint density at radius 2 is 2.04 bits per heavy atom. The summed E-state index contributed by atoms with van der Waals surface area (Å²) in [6.45, 7) is 3.31. The predicted molar refractivity (Wildman–Crippen MR) is 124 cm³/mol. The van der Waals surface area contributed by atoms with Gasteiger partial charge in [-0.3, -0.25) is 4.99 Å². The van der Waals surface area contributed by atoms with E-state index in [0.29, 0.717) is 30.6 Å². The van der Waals surface area contributed by atoms with E-state index in [-0.39, 0.29) is 30.8 Å². The Bertz CT molecular complexity index is 848. The maximum atomic E-state index is 5.61. The fraction of sp³-hybridized carbons (Fsp3) is 0.316. The van der Waals surface area contributed by atoms with E-state index in [9.17, 15) is 0 Å². The van der Waals surface area contributed by atoms with Crippen LogP contribution >= 0.6 is 39.9 Å². The number of nitrogens with zero attached hydrogens (tertiary/aromatic N) is 1. The Kier molecular flexibility index (Phi) is 8.49. The second-order valence-electron chi connectivity index (χ2n) is 5.66. The van der Waals surface area contributed by atoms with Crippen molar-refractivity contribution in [1.82, 2.24) is 5.32 Å². The van der Waals surface area contributed by atoms with Gasteiger partial charge in [-0.25, -0.2) is 0 Å². The van der Waals surface area contributed by atoms with Crippen LogP contribution in [0.4, 0.5) is 5.69 Å². The molecule has 0 aliphatic carbocycles. The molecule has 1 heterocycles. The summed E-state index contributed by atoms with van der Waals surface area (Å²) >= 11 is 3.51. The first-order valence-corrected chi connectivity index (χ1v) is 9.30. The highest BCUT2D eigenvalue weighted by Crippen LogP contribution is 2.40. The molecular weight excluding hydrogens is 541 g/mol. The first-order valence-electron chi connectivity index (χ1n) is 8.51. The fourth-order valence-electron chi connectivity index (χ4n) is 2.65. The van der Waals surface area contributed by atoms with Gasteiger partial charge in [0.15, 0.2) is 29.0 Å². The molecule has 2 aromatic rings. The van der Waals surface area contributed by atoms with Gasteiger partial charge >= 0.3 is 0 Å². The molecule has 0 saturated carbocycles. The number of guanidine groups is 1. The molecule has 1 aliphatic heterocycles. The third kappa shape index (κ3) is 5.34. The van der Waals surface area contributed by atoms with Gasteiger partial charge in [-0.1, -0.05) is 0 Å². The van der Waals surface area contributed by atoms with Gasteiger partial charge in [0.05, 0.1) is 18.2 Å². The van der Waals surface area contributed by atoms with Crippen molar-refractivity contribution < 1.29 is 18.9 Å². The van der Waals surface area contributed by atoms with Gasteiger partial charge in [0.25, 0.3) is 0 Å². The number of hydrogen-bond acceptors (Lipinski definition) is 5. The van der Waals surface area contributed by atoms with E-state index in [0.717, 1.165) is 27.2 Å². The first kappa shape index (κ1) is 22.4. The number of benzene rings is 2. The van der Waals surface area contributed by atoms with Gasteiger partial charge in [-0.15, -0.1) is 24.0 Å². The number of methoxy groups -OCH3 is 1. The zero-order valence-corrected chi connectivity index (χ0v) is 19.8. The number of aliphatic imine (C=N–C) groups is 1. The molecule has 0 aromatic heterocycles. The molecule has 0 fully saturated rings. The zero-order chi connectivity index (χ0) is 19.2. The van der Waals surface area contributed by atoms with Gasteiger partial charge in [-0.2, -0.15) is 0 Å². The summed E-state index contributed by atoms with van der Waals surface area (Å²) in [6.07, 6.45) is 0. The number of anilines is 1. The zero-order valence-electron chi connectivity index (χ0n) is 15.9. The van der Waals surface area contributed by atoms with Crippen LogP contribution in [-0.2, 0) is 6.54 Å². The van der Waals surface area contributed by atoms with E-state index < -0.39 is 0 Å². The third-order valence-electron chi connectivity index (χ3n) is 3.90. The van der Waals surface area contributed by atoms with Gasteiger partial charge in [-0.05, 0) is 52.7 Å². The number of nitrogens with one attached hydrogen (secondary N) is 2. The molecule has 9 heteroatoms. The van der Waals surface area contributed by atoms with Crippen molar-refractivity contribution in [3.05, 3.63) is 40.4 Å². The molecule has 0 unspecified atom stereocenters. The van der Waals surface area contributed by atoms with Crippen LogP contribution in [0.25, 0.3) is 0 Å². The van der Waals surface area contributed by atoms with Gasteiger partial charge < -0.3 is 29.6 Å². The van der Waals surface area contributed by atoms with Crippen LogP contribution < -0.4 is 29.6 Å². The fourth-order valence-corrected chi connectivity index (χ4v) is 3.25. The summed E-state index contributed by atoms with van der Waals surface area (Å²) in [5.41, 5.74) is 1.89. The van der Waals surface area contributed by atoms with Crippen molar-refractivity contribution >= 4 is 51.6 Å². The van der Waals surface area contributed by atoms with Crippen LogP contribution in [0.1, 0.15) is 12.5 Å². The lowest BCUT2D eigenvalue weighted by Gasteiger charge is -2.15. The van der Waals surface area contributed by atoms with E-state index in [1.54, 1.807) is 14.2 Å². The minimum absolute atomic E-state index is 0. The Labute approximate surface area is 189 Å². The smallest absolute Gasteiger partial charge is 0.231 e. The summed E-state index contributed by atoms with van der Waals surface area (Å²) in [4.78, 5) is 4.27. The maximum Gasteiger partial charge on any atom is 0.231 e. The molecule has 0 bridgehead atoms. The summed E-state index contributed by atoms with van der Waals surface area (Å²) in [6, 6.07) is 9.59. The molecule has 0 saturated heterocycles. The molecule has 0 spiro atoms. The monoisotopic (exact) mass is 563 g/mol. The Morgan fingerprint density at radius 3 is 2.75 bits per heavy atom. The number of fused-ring (bicyclic) bond motifs is 1. The quantitative estimate of drug-likeness (QED) is 0.308. The van der Waals surface area contributed by atoms with Crippen molar-refractivity contribution in [2.24, 2.45) is 4.99 Å². The van der Waals surface area contributed by atoms with Crippen molar-refractivity contribution in [2.75, 3.05) is 32.9 Å². The molecule has 0 radical (unpaired) electrons. The molecular formula is C19H23BrIN3O4. The van der Waals surface area contributed by atoms with E-state index >= 15 is 0 Å². The molecule has 2 N–H and O–H groups in total. The lowest BCUT2D eigenvalue weighted by molar-refractivity contribution is 0.173. The first-order chi connectivity index (χ1) is 13.1.